The zero-order valence-electron chi connectivity index (χ0n) is 18.5. The smallest absolute Gasteiger partial charge is 0.341 e. The lowest BCUT2D eigenvalue weighted by molar-refractivity contribution is -0.118. The maximum absolute atomic E-state index is 12.8. The average molecular weight is 469 g/mol. The van der Waals surface area contributed by atoms with Crippen molar-refractivity contribution in [1.29, 1.82) is 0 Å². The number of hydrogen-bond donors (Lipinski definition) is 2. The van der Waals surface area contributed by atoms with Crippen LogP contribution in [0.1, 0.15) is 32.5 Å². The second kappa shape index (κ2) is 11.1. The molecule has 0 fully saturated rings. The minimum absolute atomic E-state index is 0.151. The molecule has 1 heterocycles. The van der Waals surface area contributed by atoms with Crippen LogP contribution in [0.4, 0.5) is 10.7 Å². The number of nitrogens with one attached hydrogen (secondary N) is 2. The first-order valence-corrected chi connectivity index (χ1v) is 11.0. The number of esters is 1. The molecule has 3 rings (SSSR count). The number of ether oxygens (including phenoxy) is 3. The maximum Gasteiger partial charge on any atom is 0.341 e. The highest BCUT2D eigenvalue weighted by molar-refractivity contribution is 7.18. The summed E-state index contributed by atoms with van der Waals surface area (Å²) in [6.07, 6.45) is 0. The quantitative estimate of drug-likeness (QED) is 0.448. The fourth-order valence-corrected chi connectivity index (χ4v) is 4.07. The van der Waals surface area contributed by atoms with Gasteiger partial charge in [0.2, 0.25) is 0 Å². The van der Waals surface area contributed by atoms with Crippen molar-refractivity contribution >= 4 is 39.8 Å². The topological polar surface area (TPSA) is 103 Å². The number of hydrogen-bond acceptors (Lipinski definition) is 7. The van der Waals surface area contributed by atoms with Gasteiger partial charge < -0.3 is 24.8 Å². The molecule has 0 unspecified atom stereocenters. The van der Waals surface area contributed by atoms with Crippen molar-refractivity contribution in [3.8, 4) is 11.5 Å². The molecule has 0 aliphatic rings. The van der Waals surface area contributed by atoms with Gasteiger partial charge in [-0.1, -0.05) is 18.2 Å². The van der Waals surface area contributed by atoms with Crippen LogP contribution in [-0.4, -0.2) is 38.1 Å². The highest BCUT2D eigenvalue weighted by Crippen LogP contribution is 2.34. The van der Waals surface area contributed by atoms with E-state index in [-0.39, 0.29) is 29.7 Å². The maximum atomic E-state index is 12.8. The summed E-state index contributed by atoms with van der Waals surface area (Å²) in [5.74, 6) is -0.323. The molecule has 0 saturated heterocycles. The molecule has 33 heavy (non-hydrogen) atoms. The van der Waals surface area contributed by atoms with Crippen LogP contribution in [0.15, 0.2) is 54.6 Å². The van der Waals surface area contributed by atoms with Gasteiger partial charge in [-0.25, -0.2) is 4.79 Å². The minimum atomic E-state index is -0.614. The lowest BCUT2D eigenvalue weighted by atomic mass is 10.1. The van der Waals surface area contributed by atoms with Gasteiger partial charge in [0.25, 0.3) is 11.8 Å². The summed E-state index contributed by atoms with van der Waals surface area (Å²) in [6.45, 7) is 3.21. The summed E-state index contributed by atoms with van der Waals surface area (Å²) >= 11 is 1.01. The number of anilines is 2. The van der Waals surface area contributed by atoms with Crippen LogP contribution in [0, 0.1) is 6.92 Å². The molecule has 9 heteroatoms. The van der Waals surface area contributed by atoms with Crippen LogP contribution in [0.2, 0.25) is 0 Å². The second-order valence-electron chi connectivity index (χ2n) is 6.81. The molecular weight excluding hydrogens is 444 g/mol. The lowest BCUT2D eigenvalue weighted by Crippen LogP contribution is -2.21. The van der Waals surface area contributed by atoms with Crippen LogP contribution >= 0.6 is 11.3 Å². The molecule has 0 bridgehead atoms. The van der Waals surface area contributed by atoms with Crippen LogP contribution < -0.4 is 20.1 Å². The van der Waals surface area contributed by atoms with Crippen LogP contribution in [0.25, 0.3) is 0 Å². The third kappa shape index (κ3) is 6.11. The van der Waals surface area contributed by atoms with E-state index < -0.39 is 11.9 Å². The third-order valence-corrected chi connectivity index (χ3v) is 5.75. The summed E-state index contributed by atoms with van der Waals surface area (Å²) < 4.78 is 15.7. The molecule has 1 aromatic heterocycles. The molecule has 3 aromatic rings. The Morgan fingerprint density at radius 1 is 0.939 bits per heavy atom. The third-order valence-electron chi connectivity index (χ3n) is 4.55. The van der Waals surface area contributed by atoms with Crippen molar-refractivity contribution in [1.82, 2.24) is 0 Å². The first kappa shape index (κ1) is 23.8. The van der Waals surface area contributed by atoms with E-state index in [4.69, 9.17) is 14.2 Å². The van der Waals surface area contributed by atoms with E-state index >= 15 is 0 Å². The normalized spacial score (nSPS) is 10.3. The summed E-state index contributed by atoms with van der Waals surface area (Å²) in [5.41, 5.74) is 1.20. The highest BCUT2D eigenvalue weighted by atomic mass is 32.1. The van der Waals surface area contributed by atoms with Gasteiger partial charge in [-0.2, -0.15) is 0 Å². The summed E-state index contributed by atoms with van der Waals surface area (Å²) in [4.78, 5) is 38.2. The number of rotatable bonds is 9. The fourth-order valence-electron chi connectivity index (χ4n) is 2.96. The van der Waals surface area contributed by atoms with Gasteiger partial charge in [0.05, 0.1) is 24.2 Å². The van der Waals surface area contributed by atoms with Gasteiger partial charge in [0.15, 0.2) is 6.61 Å². The molecule has 0 radical (unpaired) electrons. The van der Waals surface area contributed by atoms with Gasteiger partial charge in [-0.3, -0.25) is 9.59 Å². The van der Waals surface area contributed by atoms with E-state index in [1.54, 1.807) is 69.5 Å². The van der Waals surface area contributed by atoms with Crippen LogP contribution in [0.3, 0.4) is 0 Å². The predicted octanol–water partition coefficient (Wildman–Crippen LogP) is 4.51. The Bertz CT molecular complexity index is 1130. The standard InChI is InChI=1S/C24H24N2O6S/c1-4-31-24(29)20-15(2)21(22(28)25-16-8-6-5-7-9-16)33-23(20)26-19(27)14-32-18-12-10-17(30-3)11-13-18/h5-13H,4,14H2,1-3H3,(H,25,28)(H,26,27). The zero-order valence-corrected chi connectivity index (χ0v) is 19.3. The van der Waals surface area contributed by atoms with Crippen molar-refractivity contribution in [2.24, 2.45) is 0 Å². The SMILES string of the molecule is CCOC(=O)c1c(NC(=O)COc2ccc(OC)cc2)sc(C(=O)Nc2ccccc2)c1C. The molecule has 0 aliphatic heterocycles. The van der Waals surface area contributed by atoms with Crippen LogP contribution in [-0.2, 0) is 9.53 Å². The Morgan fingerprint density at radius 2 is 1.61 bits per heavy atom. The Kier molecular flexibility index (Phi) is 8.04. The van der Waals surface area contributed by atoms with Crippen molar-refractivity contribution in [2.45, 2.75) is 13.8 Å². The van der Waals surface area contributed by atoms with E-state index in [1.165, 1.54) is 0 Å². The van der Waals surface area contributed by atoms with Crippen molar-refractivity contribution in [2.75, 3.05) is 31.0 Å². The van der Waals surface area contributed by atoms with Crippen LogP contribution in [0.5, 0.6) is 11.5 Å². The fraction of sp³-hybridized carbons (Fsp3) is 0.208. The van der Waals surface area contributed by atoms with Crippen molar-refractivity contribution in [3.05, 3.63) is 70.6 Å². The number of para-hydroxylation sites is 1. The van der Waals surface area contributed by atoms with Gasteiger partial charge >= 0.3 is 5.97 Å². The van der Waals surface area contributed by atoms with E-state index in [0.29, 0.717) is 27.6 Å². The number of carbonyl (C=O) groups excluding carboxylic acids is 3. The number of thiophene rings is 1. The van der Waals surface area contributed by atoms with Gasteiger partial charge in [-0.15, -0.1) is 11.3 Å². The summed E-state index contributed by atoms with van der Waals surface area (Å²) in [7, 11) is 1.56. The molecule has 0 aliphatic carbocycles. The number of amides is 2. The Morgan fingerprint density at radius 3 is 2.24 bits per heavy atom. The Balaban J connectivity index is 1.77. The second-order valence-corrected chi connectivity index (χ2v) is 7.83. The molecule has 0 saturated carbocycles. The van der Waals surface area contributed by atoms with E-state index in [2.05, 4.69) is 10.6 Å². The average Bonchev–Trinajstić information content (AvgIpc) is 3.14. The van der Waals surface area contributed by atoms with E-state index in [1.807, 2.05) is 6.07 Å². The van der Waals surface area contributed by atoms with Crippen molar-refractivity contribution in [3.63, 3.8) is 0 Å². The molecule has 2 N–H and O–H groups in total. The first-order valence-electron chi connectivity index (χ1n) is 10.2. The summed E-state index contributed by atoms with van der Waals surface area (Å²) in [6, 6.07) is 15.7. The van der Waals surface area contributed by atoms with Crippen molar-refractivity contribution < 1.29 is 28.6 Å². The number of carbonyl (C=O) groups is 3. The molecule has 0 atom stereocenters. The Hall–Kier alpha value is -3.85. The largest absolute Gasteiger partial charge is 0.497 e. The van der Waals surface area contributed by atoms with Gasteiger partial charge in [0.1, 0.15) is 16.5 Å². The van der Waals surface area contributed by atoms with Gasteiger partial charge in [0, 0.05) is 5.69 Å². The van der Waals surface area contributed by atoms with E-state index in [9.17, 15) is 14.4 Å². The monoisotopic (exact) mass is 468 g/mol. The lowest BCUT2D eigenvalue weighted by Gasteiger charge is -2.09. The predicted molar refractivity (Wildman–Crippen MR) is 127 cm³/mol. The summed E-state index contributed by atoms with van der Waals surface area (Å²) in [5, 5.41) is 5.69. The molecule has 2 amide bonds. The number of benzene rings is 2. The zero-order chi connectivity index (χ0) is 23.8. The highest BCUT2D eigenvalue weighted by Gasteiger charge is 2.26. The minimum Gasteiger partial charge on any atom is -0.497 e. The number of methoxy groups -OCH3 is 1. The Labute approximate surface area is 195 Å². The van der Waals surface area contributed by atoms with E-state index in [0.717, 1.165) is 11.3 Å². The molecule has 0 spiro atoms. The first-order chi connectivity index (χ1) is 15.9. The van der Waals surface area contributed by atoms with Gasteiger partial charge in [-0.05, 0) is 55.8 Å². The molecule has 172 valence electrons. The molecule has 2 aromatic carbocycles. The molecular formula is C24H24N2O6S. The molecule has 8 nitrogen and oxygen atoms in total.